The molecule has 6 heteroatoms. The quantitative estimate of drug-likeness (QED) is 0.883. The average Bonchev–Trinajstić information content (AvgIpc) is 2.94. The summed E-state index contributed by atoms with van der Waals surface area (Å²) >= 11 is 6.14. The molecule has 0 aliphatic heterocycles. The first-order valence-electron chi connectivity index (χ1n) is 7.57. The summed E-state index contributed by atoms with van der Waals surface area (Å²) in [4.78, 5) is 14.1. The second-order valence-corrected chi connectivity index (χ2v) is 6.56. The summed E-state index contributed by atoms with van der Waals surface area (Å²) in [5.41, 5.74) is 0.516. The minimum absolute atomic E-state index is 0.139. The number of halogens is 1. The van der Waals surface area contributed by atoms with Crippen molar-refractivity contribution in [1.29, 1.82) is 0 Å². The topological polar surface area (TPSA) is 58.4 Å². The summed E-state index contributed by atoms with van der Waals surface area (Å²) in [5, 5.41) is 14.8. The molecule has 1 aromatic heterocycles. The van der Waals surface area contributed by atoms with Crippen LogP contribution in [0.1, 0.15) is 36.7 Å². The van der Waals surface area contributed by atoms with E-state index >= 15 is 0 Å². The molecule has 0 radical (unpaired) electrons. The molecular weight excluding hydrogens is 314 g/mol. The van der Waals surface area contributed by atoms with E-state index in [4.69, 9.17) is 11.6 Å². The number of rotatable bonds is 6. The number of carbonyl (C=O) groups is 1. The summed E-state index contributed by atoms with van der Waals surface area (Å²) in [6, 6.07) is 7.55. The van der Waals surface area contributed by atoms with Crippen molar-refractivity contribution in [2.45, 2.75) is 32.9 Å². The molecule has 0 aliphatic carbocycles. The van der Waals surface area contributed by atoms with Crippen LogP contribution in [0, 0.1) is 0 Å². The van der Waals surface area contributed by atoms with Gasteiger partial charge in [-0.15, -0.1) is 0 Å². The maximum atomic E-state index is 12.5. The number of aromatic nitrogens is 2. The molecule has 1 N–H and O–H groups in total. The van der Waals surface area contributed by atoms with Crippen LogP contribution in [0.3, 0.4) is 0 Å². The normalized spacial score (nSPS) is 11.5. The minimum Gasteiger partial charge on any atom is -0.389 e. The van der Waals surface area contributed by atoms with Gasteiger partial charge in [-0.1, -0.05) is 29.8 Å². The molecule has 0 fully saturated rings. The smallest absolute Gasteiger partial charge is 0.257 e. The molecule has 2 rings (SSSR count). The first kappa shape index (κ1) is 17.5. The summed E-state index contributed by atoms with van der Waals surface area (Å²) < 4.78 is 1.69. The van der Waals surface area contributed by atoms with Crippen LogP contribution in [0.15, 0.2) is 36.7 Å². The number of aliphatic hydroxyl groups is 1. The van der Waals surface area contributed by atoms with E-state index in [2.05, 4.69) is 5.10 Å². The summed E-state index contributed by atoms with van der Waals surface area (Å²) in [6.45, 7) is 6.56. The molecule has 1 aromatic carbocycles. The van der Waals surface area contributed by atoms with E-state index in [0.29, 0.717) is 23.7 Å². The zero-order valence-electron chi connectivity index (χ0n) is 13.7. The Morgan fingerprint density at radius 1 is 1.39 bits per heavy atom. The second-order valence-electron chi connectivity index (χ2n) is 6.15. The molecule has 23 heavy (non-hydrogen) atoms. The Hall–Kier alpha value is -1.85. The highest BCUT2D eigenvalue weighted by Crippen LogP contribution is 2.16. The number of carbonyl (C=O) groups excluding carboxylic acids is 1. The number of hydrogen-bond acceptors (Lipinski definition) is 3. The van der Waals surface area contributed by atoms with Crippen molar-refractivity contribution in [2.24, 2.45) is 0 Å². The molecule has 0 aliphatic rings. The lowest BCUT2D eigenvalue weighted by atomic mass is 10.1. The van der Waals surface area contributed by atoms with E-state index in [1.807, 2.05) is 31.2 Å². The van der Waals surface area contributed by atoms with E-state index < -0.39 is 5.60 Å². The molecule has 124 valence electrons. The molecule has 0 spiro atoms. The van der Waals surface area contributed by atoms with Gasteiger partial charge in [0.15, 0.2) is 0 Å². The van der Waals surface area contributed by atoms with Crippen LogP contribution in [-0.4, -0.2) is 44.4 Å². The lowest BCUT2D eigenvalue weighted by Gasteiger charge is -2.27. The highest BCUT2D eigenvalue weighted by molar-refractivity contribution is 6.31. The molecular formula is C17H22ClN3O2. The van der Waals surface area contributed by atoms with Gasteiger partial charge in [-0.2, -0.15) is 5.10 Å². The van der Waals surface area contributed by atoms with Crippen LogP contribution < -0.4 is 0 Å². The molecule has 0 saturated carbocycles. The number of hydrogen-bond donors (Lipinski definition) is 1. The van der Waals surface area contributed by atoms with Gasteiger partial charge in [-0.25, -0.2) is 0 Å². The second kappa shape index (κ2) is 7.15. The van der Waals surface area contributed by atoms with Crippen molar-refractivity contribution in [3.8, 4) is 0 Å². The molecule has 1 heterocycles. The zero-order chi connectivity index (χ0) is 17.0. The van der Waals surface area contributed by atoms with Crippen molar-refractivity contribution >= 4 is 17.5 Å². The number of likely N-dealkylation sites (N-methyl/N-ethyl adjacent to an activating group) is 1. The fourth-order valence-corrected chi connectivity index (χ4v) is 2.53. The Labute approximate surface area is 141 Å². The van der Waals surface area contributed by atoms with Gasteiger partial charge < -0.3 is 10.0 Å². The summed E-state index contributed by atoms with van der Waals surface area (Å²) in [5.74, 6) is -0.139. The Bertz CT molecular complexity index is 676. The lowest BCUT2D eigenvalue weighted by molar-refractivity contribution is 0.0314. The van der Waals surface area contributed by atoms with Gasteiger partial charge in [0.25, 0.3) is 5.91 Å². The van der Waals surface area contributed by atoms with Crippen LogP contribution in [0.5, 0.6) is 0 Å². The van der Waals surface area contributed by atoms with Crippen LogP contribution >= 0.6 is 11.6 Å². The first-order valence-corrected chi connectivity index (χ1v) is 7.95. The Balaban J connectivity index is 2.12. The van der Waals surface area contributed by atoms with Gasteiger partial charge in [-0.05, 0) is 32.4 Å². The molecule has 2 aromatic rings. The average molecular weight is 336 g/mol. The van der Waals surface area contributed by atoms with Crippen molar-refractivity contribution in [3.63, 3.8) is 0 Å². The van der Waals surface area contributed by atoms with E-state index in [-0.39, 0.29) is 12.5 Å². The van der Waals surface area contributed by atoms with E-state index in [0.717, 1.165) is 5.56 Å². The van der Waals surface area contributed by atoms with Gasteiger partial charge in [-0.3, -0.25) is 9.48 Å². The molecule has 0 bridgehead atoms. The fraction of sp³-hybridized carbons (Fsp3) is 0.412. The first-order chi connectivity index (χ1) is 10.8. The van der Waals surface area contributed by atoms with Crippen molar-refractivity contribution in [2.75, 3.05) is 13.1 Å². The maximum Gasteiger partial charge on any atom is 0.257 e. The van der Waals surface area contributed by atoms with Gasteiger partial charge in [0.1, 0.15) is 0 Å². The maximum absolute atomic E-state index is 12.5. The van der Waals surface area contributed by atoms with Crippen LogP contribution in [-0.2, 0) is 6.54 Å². The summed E-state index contributed by atoms with van der Waals surface area (Å²) in [6.07, 6.45) is 3.25. The van der Waals surface area contributed by atoms with Crippen LogP contribution in [0.2, 0.25) is 5.02 Å². The molecule has 5 nitrogen and oxygen atoms in total. The van der Waals surface area contributed by atoms with Gasteiger partial charge in [0.05, 0.1) is 23.9 Å². The third kappa shape index (κ3) is 4.81. The van der Waals surface area contributed by atoms with Gasteiger partial charge in [0, 0.05) is 24.3 Å². The zero-order valence-corrected chi connectivity index (χ0v) is 14.4. The summed E-state index contributed by atoms with van der Waals surface area (Å²) in [7, 11) is 0. The van der Waals surface area contributed by atoms with Crippen LogP contribution in [0.25, 0.3) is 0 Å². The lowest BCUT2D eigenvalue weighted by Crippen LogP contribution is -2.42. The van der Waals surface area contributed by atoms with Crippen molar-refractivity contribution in [3.05, 3.63) is 52.8 Å². The fourth-order valence-electron chi connectivity index (χ4n) is 2.34. The predicted molar refractivity (Wildman–Crippen MR) is 90.7 cm³/mol. The third-order valence-electron chi connectivity index (χ3n) is 3.42. The SMILES string of the molecule is CCN(CC(C)(C)O)C(=O)c1cnn(Cc2ccccc2Cl)c1. The monoisotopic (exact) mass is 335 g/mol. The third-order valence-corrected chi connectivity index (χ3v) is 3.79. The Morgan fingerprint density at radius 2 is 2.09 bits per heavy atom. The largest absolute Gasteiger partial charge is 0.389 e. The molecule has 1 amide bonds. The highest BCUT2D eigenvalue weighted by Gasteiger charge is 2.23. The molecule has 0 atom stereocenters. The predicted octanol–water partition coefficient (Wildman–Crippen LogP) is 2.82. The minimum atomic E-state index is -0.931. The standard InChI is InChI=1S/C17H22ClN3O2/c1-4-20(12-17(2,3)23)16(22)14-9-19-21(11-14)10-13-7-5-6-8-15(13)18/h5-9,11,23H,4,10,12H2,1-3H3. The molecule has 0 unspecified atom stereocenters. The van der Waals surface area contributed by atoms with Gasteiger partial charge in [0.2, 0.25) is 0 Å². The number of amides is 1. The van der Waals surface area contributed by atoms with E-state index in [9.17, 15) is 9.90 Å². The van der Waals surface area contributed by atoms with Gasteiger partial charge >= 0.3 is 0 Å². The van der Waals surface area contributed by atoms with Crippen LogP contribution in [0.4, 0.5) is 0 Å². The van der Waals surface area contributed by atoms with Crippen molar-refractivity contribution < 1.29 is 9.90 Å². The Morgan fingerprint density at radius 3 is 2.70 bits per heavy atom. The van der Waals surface area contributed by atoms with Crippen molar-refractivity contribution in [1.82, 2.24) is 14.7 Å². The highest BCUT2D eigenvalue weighted by atomic mass is 35.5. The van der Waals surface area contributed by atoms with E-state index in [1.165, 1.54) is 0 Å². The number of nitrogens with zero attached hydrogens (tertiary/aromatic N) is 3. The molecule has 0 saturated heterocycles. The number of benzene rings is 1. The Kier molecular flexibility index (Phi) is 5.44. The van der Waals surface area contributed by atoms with E-state index in [1.54, 1.807) is 35.8 Å².